The van der Waals surface area contributed by atoms with Crippen molar-refractivity contribution in [2.24, 2.45) is 29.1 Å². The third-order valence-electron chi connectivity index (χ3n) is 8.91. The molecule has 4 N–H and O–H groups in total. The molecule has 0 radical (unpaired) electrons. The van der Waals surface area contributed by atoms with E-state index in [9.17, 15) is 28.8 Å². The molecule has 0 aromatic heterocycles. The third-order valence-corrected chi connectivity index (χ3v) is 8.91. The van der Waals surface area contributed by atoms with Gasteiger partial charge < -0.3 is 30.9 Å². The number of Topliss-reactive ketones (excluding diaryl/α,β-unsaturated/α-hetero) is 1. The zero-order valence-electron chi connectivity index (χ0n) is 30.2. The van der Waals surface area contributed by atoms with E-state index in [4.69, 9.17) is 4.74 Å². The average Bonchev–Trinajstić information content (AvgIpc) is 3.38. The molecule has 0 aromatic rings. The van der Waals surface area contributed by atoms with Crippen molar-refractivity contribution in [3.05, 3.63) is 12.7 Å². The third kappa shape index (κ3) is 11.3. The van der Waals surface area contributed by atoms with Crippen LogP contribution in [-0.4, -0.2) is 83.3 Å². The topological polar surface area (TPSA) is 163 Å². The highest BCUT2D eigenvalue weighted by Crippen LogP contribution is 2.34. The summed E-state index contributed by atoms with van der Waals surface area (Å²) < 4.78 is 5.50. The van der Waals surface area contributed by atoms with Gasteiger partial charge in [-0.05, 0) is 62.7 Å². The zero-order valence-corrected chi connectivity index (χ0v) is 30.2. The van der Waals surface area contributed by atoms with Crippen LogP contribution in [0.2, 0.25) is 0 Å². The molecule has 2 aliphatic rings. The van der Waals surface area contributed by atoms with Gasteiger partial charge in [0.1, 0.15) is 23.7 Å². The Bertz CT molecular complexity index is 1170. The van der Waals surface area contributed by atoms with Gasteiger partial charge in [0.25, 0.3) is 5.91 Å². The molecule has 1 unspecified atom stereocenters. The number of ether oxygens (including phenoxy) is 1. The maximum atomic E-state index is 14.3. The van der Waals surface area contributed by atoms with E-state index >= 15 is 0 Å². The molecule has 1 saturated carbocycles. The fraction of sp³-hybridized carbons (Fsp3) is 0.771. The number of likely N-dealkylation sites (tertiary alicyclic amines) is 1. The molecule has 47 heavy (non-hydrogen) atoms. The molecule has 2 fully saturated rings. The summed E-state index contributed by atoms with van der Waals surface area (Å²) in [5, 5.41) is 10.8. The molecule has 2 rings (SSSR count). The van der Waals surface area contributed by atoms with Crippen molar-refractivity contribution in [1.29, 1.82) is 0 Å². The van der Waals surface area contributed by atoms with Gasteiger partial charge in [-0.1, -0.05) is 73.8 Å². The molecule has 0 bridgehead atoms. The lowest BCUT2D eigenvalue weighted by molar-refractivity contribution is -0.158. The van der Waals surface area contributed by atoms with Crippen molar-refractivity contribution in [3.8, 4) is 0 Å². The van der Waals surface area contributed by atoms with E-state index in [-0.39, 0.29) is 36.8 Å². The van der Waals surface area contributed by atoms with Gasteiger partial charge in [0.15, 0.2) is 0 Å². The maximum Gasteiger partial charge on any atom is 0.329 e. The summed E-state index contributed by atoms with van der Waals surface area (Å²) in [5.41, 5.74) is -1.52. The van der Waals surface area contributed by atoms with Crippen LogP contribution in [0.3, 0.4) is 0 Å². The number of urea groups is 1. The molecular formula is C35H59N5O7. The number of rotatable bonds is 14. The molecule has 1 aliphatic carbocycles. The van der Waals surface area contributed by atoms with E-state index in [2.05, 4.69) is 27.8 Å². The summed E-state index contributed by atoms with van der Waals surface area (Å²) in [5.74, 6) is -3.27. The second-order valence-corrected chi connectivity index (χ2v) is 15.8. The van der Waals surface area contributed by atoms with Gasteiger partial charge in [0.2, 0.25) is 17.6 Å². The Balaban J connectivity index is 2.33. The van der Waals surface area contributed by atoms with Gasteiger partial charge in [-0.2, -0.15) is 0 Å². The number of ketones is 1. The van der Waals surface area contributed by atoms with Gasteiger partial charge >= 0.3 is 12.0 Å². The lowest BCUT2D eigenvalue weighted by atomic mass is 9.80. The fourth-order valence-electron chi connectivity index (χ4n) is 6.05. The van der Waals surface area contributed by atoms with Crippen LogP contribution in [0.25, 0.3) is 0 Å². The summed E-state index contributed by atoms with van der Waals surface area (Å²) >= 11 is 0. The van der Waals surface area contributed by atoms with Crippen LogP contribution < -0.4 is 21.3 Å². The summed E-state index contributed by atoms with van der Waals surface area (Å²) in [6.45, 7) is 22.2. The van der Waals surface area contributed by atoms with E-state index in [1.165, 1.54) is 11.0 Å². The van der Waals surface area contributed by atoms with Crippen molar-refractivity contribution >= 4 is 35.5 Å². The highest BCUT2D eigenvalue weighted by molar-refractivity contribution is 6.38. The van der Waals surface area contributed by atoms with Crippen molar-refractivity contribution in [1.82, 2.24) is 26.2 Å². The maximum absolute atomic E-state index is 14.3. The Hall–Kier alpha value is -3.44. The Morgan fingerprint density at radius 3 is 2.00 bits per heavy atom. The van der Waals surface area contributed by atoms with Gasteiger partial charge in [-0.3, -0.25) is 19.2 Å². The molecule has 0 spiro atoms. The molecule has 266 valence electrons. The highest BCUT2D eigenvalue weighted by Gasteiger charge is 2.48. The predicted molar refractivity (Wildman–Crippen MR) is 180 cm³/mol. The van der Waals surface area contributed by atoms with Gasteiger partial charge in [0.05, 0.1) is 6.04 Å². The van der Waals surface area contributed by atoms with Crippen LogP contribution >= 0.6 is 0 Å². The Labute approximate surface area is 280 Å². The number of amides is 5. The first-order valence-electron chi connectivity index (χ1n) is 17.0. The van der Waals surface area contributed by atoms with Gasteiger partial charge in [-0.15, -0.1) is 6.58 Å². The highest BCUT2D eigenvalue weighted by atomic mass is 16.6. The first-order valence-corrected chi connectivity index (χ1v) is 17.0. The van der Waals surface area contributed by atoms with Crippen LogP contribution in [0.4, 0.5) is 4.79 Å². The smallest absolute Gasteiger partial charge is 0.329 e. The lowest BCUT2D eigenvalue weighted by Crippen LogP contribution is -2.62. The molecule has 0 aromatic carbocycles. The molecule has 5 amide bonds. The van der Waals surface area contributed by atoms with Gasteiger partial charge in [0, 0.05) is 13.1 Å². The van der Waals surface area contributed by atoms with Crippen molar-refractivity contribution in [3.63, 3.8) is 0 Å². The van der Waals surface area contributed by atoms with Crippen LogP contribution in [0.1, 0.15) is 101 Å². The van der Waals surface area contributed by atoms with Crippen LogP contribution in [-0.2, 0) is 28.7 Å². The van der Waals surface area contributed by atoms with Crippen LogP contribution in [0, 0.1) is 29.1 Å². The van der Waals surface area contributed by atoms with Crippen molar-refractivity contribution < 1.29 is 33.5 Å². The standard InChI is InChI=1S/C35H59N5O7/c1-12-17-36-30(43)27(41)24(19-22-14-13-15-22)37-29(42)26-23(20(2)3)16-18-40(26)31(44)28(34(6,7)8)39-33(46)38-25(21(4)5)32(45)47-35(9,10)11/h12,20-26,28H,1,13-19H2,2-11H3,(H,36,43)(H,37,42)(H2,38,39,46)/t23-,24?,25+,26+,28-/m1/s1. The number of nitrogens with one attached hydrogen (secondary N) is 4. The van der Waals surface area contributed by atoms with Crippen molar-refractivity contribution in [2.75, 3.05) is 13.1 Å². The summed E-state index contributed by atoms with van der Waals surface area (Å²) in [6.07, 6.45) is 5.25. The molecule has 1 aliphatic heterocycles. The summed E-state index contributed by atoms with van der Waals surface area (Å²) in [6, 6.07) is -4.64. The summed E-state index contributed by atoms with van der Waals surface area (Å²) in [7, 11) is 0. The van der Waals surface area contributed by atoms with E-state index in [0.717, 1.165) is 19.3 Å². The molecular weight excluding hydrogens is 602 g/mol. The Morgan fingerprint density at radius 1 is 0.915 bits per heavy atom. The minimum absolute atomic E-state index is 0.0326. The van der Waals surface area contributed by atoms with Crippen LogP contribution in [0.15, 0.2) is 12.7 Å². The quantitative estimate of drug-likeness (QED) is 0.126. The van der Waals surface area contributed by atoms with E-state index in [1.807, 2.05) is 34.6 Å². The number of esters is 1. The van der Waals surface area contributed by atoms with E-state index < -0.39 is 70.7 Å². The number of hydrogen-bond acceptors (Lipinski definition) is 7. The molecule has 5 atom stereocenters. The number of nitrogens with zero attached hydrogens (tertiary/aromatic N) is 1. The van der Waals surface area contributed by atoms with Crippen molar-refractivity contribution in [2.45, 2.75) is 131 Å². The largest absolute Gasteiger partial charge is 0.458 e. The average molecular weight is 662 g/mol. The Kier molecular flexibility index (Phi) is 14.0. The molecule has 1 heterocycles. The molecule has 12 nitrogen and oxygen atoms in total. The number of hydrogen-bond donors (Lipinski definition) is 4. The fourth-order valence-corrected chi connectivity index (χ4v) is 6.05. The SMILES string of the molecule is C=CCNC(=O)C(=O)C(CC1CCC1)NC(=O)[C@@H]1[C@@H](C(C)C)CCN1C(=O)[C@@H](NC(=O)N[C@H](C(=O)OC(C)(C)C)C(C)C)C(C)(C)C. The first-order chi connectivity index (χ1) is 21.7. The lowest BCUT2D eigenvalue weighted by Gasteiger charge is -2.37. The van der Waals surface area contributed by atoms with Crippen LogP contribution in [0.5, 0.6) is 0 Å². The monoisotopic (exact) mass is 661 g/mol. The predicted octanol–water partition coefficient (Wildman–Crippen LogP) is 3.49. The normalized spacial score (nSPS) is 20.5. The second-order valence-electron chi connectivity index (χ2n) is 15.8. The Morgan fingerprint density at radius 2 is 1.53 bits per heavy atom. The van der Waals surface area contributed by atoms with E-state index in [0.29, 0.717) is 12.8 Å². The first kappa shape index (κ1) is 39.7. The zero-order chi connectivity index (χ0) is 35.9. The molecule has 1 saturated heterocycles. The van der Waals surface area contributed by atoms with E-state index in [1.54, 1.807) is 34.6 Å². The van der Waals surface area contributed by atoms with Gasteiger partial charge in [-0.25, -0.2) is 9.59 Å². The second kappa shape index (κ2) is 16.6. The number of carbonyl (C=O) groups is 6. The minimum Gasteiger partial charge on any atom is -0.458 e. The minimum atomic E-state index is -1.05. The summed E-state index contributed by atoms with van der Waals surface area (Å²) in [4.78, 5) is 81.9. The number of carbonyl (C=O) groups excluding carboxylic acids is 6. The molecule has 12 heteroatoms.